The zero-order valence-corrected chi connectivity index (χ0v) is 7.07. The molecule has 0 aliphatic carbocycles. The topological polar surface area (TPSA) is 92.8 Å². The van der Waals surface area contributed by atoms with Gasteiger partial charge in [-0.05, 0) is 12.3 Å². The van der Waals surface area contributed by atoms with Gasteiger partial charge in [0, 0.05) is 0 Å². The largest absolute Gasteiger partial charge is 0.478 e. The highest BCUT2D eigenvalue weighted by molar-refractivity contribution is 5.79. The summed E-state index contributed by atoms with van der Waals surface area (Å²) in [4.78, 5) is 23.5. The van der Waals surface area contributed by atoms with Crippen LogP contribution in [0.3, 0.4) is 0 Å². The maximum absolute atomic E-state index is 10.5. The van der Waals surface area contributed by atoms with E-state index in [1.165, 1.54) is 0 Å². The predicted molar refractivity (Wildman–Crippen MR) is 42.1 cm³/mol. The van der Waals surface area contributed by atoms with Gasteiger partial charge in [-0.15, -0.1) is 0 Å². The maximum Gasteiger partial charge on any atom is 0.347 e. The zero-order valence-electron chi connectivity index (χ0n) is 7.07. The summed E-state index contributed by atoms with van der Waals surface area (Å²) in [5.74, 6) is -1.25. The number of carboxylic acids is 1. The number of hydrogen-bond acceptors (Lipinski definition) is 4. The van der Waals surface area contributed by atoms with E-state index < -0.39 is 11.6 Å². The Balaban J connectivity index is 4.62. The number of carboxylic acid groups (broad SMARTS) is 1. The molecule has 0 aromatic rings. The van der Waals surface area contributed by atoms with E-state index in [9.17, 15) is 9.59 Å². The lowest BCUT2D eigenvalue weighted by Crippen LogP contribution is -2.47. The van der Waals surface area contributed by atoms with Crippen molar-refractivity contribution in [3.8, 4) is 0 Å². The fourth-order valence-electron chi connectivity index (χ4n) is 0.885. The zero-order chi connectivity index (χ0) is 9.78. The minimum atomic E-state index is -1.81. The number of isocyanates is 1. The molecule has 1 atom stereocenters. The Bertz CT molecular complexity index is 217. The van der Waals surface area contributed by atoms with Crippen molar-refractivity contribution in [2.45, 2.75) is 25.9 Å². The number of hydrogen-bond donors (Lipinski definition) is 2. The monoisotopic (exact) mass is 172 g/mol. The van der Waals surface area contributed by atoms with E-state index >= 15 is 0 Å². The molecule has 0 aromatic heterocycles. The van der Waals surface area contributed by atoms with Gasteiger partial charge in [0.2, 0.25) is 11.7 Å². The van der Waals surface area contributed by atoms with Crippen molar-refractivity contribution in [1.82, 2.24) is 0 Å². The fourth-order valence-corrected chi connectivity index (χ4v) is 0.885. The van der Waals surface area contributed by atoms with Crippen molar-refractivity contribution in [1.29, 1.82) is 0 Å². The van der Waals surface area contributed by atoms with Crippen LogP contribution >= 0.6 is 0 Å². The number of nitrogens with zero attached hydrogens (tertiary/aromatic N) is 1. The lowest BCUT2D eigenvalue weighted by atomic mass is 9.99. The number of aliphatic carboxylic acids is 1. The van der Waals surface area contributed by atoms with Crippen molar-refractivity contribution >= 4 is 12.0 Å². The molecule has 0 rings (SSSR count). The van der Waals surface area contributed by atoms with Gasteiger partial charge >= 0.3 is 5.97 Å². The van der Waals surface area contributed by atoms with Crippen molar-refractivity contribution in [3.05, 3.63) is 0 Å². The van der Waals surface area contributed by atoms with Gasteiger partial charge in [0.25, 0.3) is 0 Å². The Hall–Kier alpha value is -1.19. The Morgan fingerprint density at radius 3 is 2.50 bits per heavy atom. The highest BCUT2D eigenvalue weighted by atomic mass is 16.4. The molecule has 68 valence electrons. The molecule has 5 nitrogen and oxygen atoms in total. The average molecular weight is 172 g/mol. The van der Waals surface area contributed by atoms with Crippen molar-refractivity contribution in [2.24, 2.45) is 16.6 Å². The molecule has 12 heavy (non-hydrogen) atoms. The molecule has 0 aliphatic rings. The summed E-state index contributed by atoms with van der Waals surface area (Å²) < 4.78 is 0. The molecule has 0 saturated carbocycles. The summed E-state index contributed by atoms with van der Waals surface area (Å²) in [5, 5.41) is 8.61. The van der Waals surface area contributed by atoms with E-state index in [0.29, 0.717) is 0 Å². The van der Waals surface area contributed by atoms with Gasteiger partial charge < -0.3 is 5.11 Å². The van der Waals surface area contributed by atoms with Gasteiger partial charge in [0.05, 0.1) is 0 Å². The van der Waals surface area contributed by atoms with Gasteiger partial charge in [-0.1, -0.05) is 13.8 Å². The van der Waals surface area contributed by atoms with E-state index in [-0.39, 0.29) is 12.3 Å². The molecule has 0 heterocycles. The molecule has 0 aromatic carbocycles. The second kappa shape index (κ2) is 3.99. The average Bonchev–Trinajstić information content (AvgIpc) is 1.85. The Kier molecular flexibility index (Phi) is 3.60. The third-order valence-corrected chi connectivity index (χ3v) is 1.33. The molecule has 0 unspecified atom stereocenters. The van der Waals surface area contributed by atoms with Crippen LogP contribution in [0, 0.1) is 5.92 Å². The minimum absolute atomic E-state index is 0.0585. The number of nitrogens with two attached hydrogens (primary N) is 1. The van der Waals surface area contributed by atoms with Gasteiger partial charge in [-0.25, -0.2) is 9.59 Å². The summed E-state index contributed by atoms with van der Waals surface area (Å²) in [6.07, 6.45) is 1.29. The Morgan fingerprint density at radius 2 is 2.25 bits per heavy atom. The van der Waals surface area contributed by atoms with Crippen molar-refractivity contribution in [2.75, 3.05) is 0 Å². The first-order valence-corrected chi connectivity index (χ1v) is 3.53. The van der Waals surface area contributed by atoms with E-state index in [2.05, 4.69) is 4.99 Å². The lowest BCUT2D eigenvalue weighted by molar-refractivity contribution is -0.143. The first-order valence-electron chi connectivity index (χ1n) is 3.53. The van der Waals surface area contributed by atoms with Crippen LogP contribution in [-0.4, -0.2) is 22.8 Å². The van der Waals surface area contributed by atoms with Gasteiger partial charge in [0.15, 0.2) is 0 Å². The third kappa shape index (κ3) is 2.82. The summed E-state index contributed by atoms with van der Waals surface area (Å²) in [7, 11) is 0. The second-order valence-corrected chi connectivity index (χ2v) is 3.03. The minimum Gasteiger partial charge on any atom is -0.478 e. The van der Waals surface area contributed by atoms with Crippen LogP contribution in [0.15, 0.2) is 4.99 Å². The van der Waals surface area contributed by atoms with Crippen LogP contribution in [0.1, 0.15) is 20.3 Å². The molecule has 0 fully saturated rings. The normalized spacial score (nSPS) is 15.0. The van der Waals surface area contributed by atoms with Crippen LogP contribution < -0.4 is 5.73 Å². The smallest absolute Gasteiger partial charge is 0.347 e. The molecule has 0 amide bonds. The van der Waals surface area contributed by atoms with E-state index in [0.717, 1.165) is 6.08 Å². The van der Waals surface area contributed by atoms with Crippen LogP contribution in [0.4, 0.5) is 0 Å². The van der Waals surface area contributed by atoms with Gasteiger partial charge in [0.1, 0.15) is 0 Å². The Labute approximate surface area is 70.3 Å². The number of carbonyl (C=O) groups excluding carboxylic acids is 1. The molecule has 3 N–H and O–H groups in total. The maximum atomic E-state index is 10.5. The third-order valence-electron chi connectivity index (χ3n) is 1.33. The molecule has 0 radical (unpaired) electrons. The number of carbonyl (C=O) groups is 1. The van der Waals surface area contributed by atoms with E-state index in [1.54, 1.807) is 13.8 Å². The molecule has 5 heteroatoms. The Morgan fingerprint density at radius 1 is 1.75 bits per heavy atom. The lowest BCUT2D eigenvalue weighted by Gasteiger charge is -2.19. The first-order chi connectivity index (χ1) is 5.42. The van der Waals surface area contributed by atoms with Gasteiger partial charge in [-0.2, -0.15) is 4.99 Å². The molecular weight excluding hydrogens is 160 g/mol. The molecule has 0 spiro atoms. The van der Waals surface area contributed by atoms with Crippen LogP contribution in [0.25, 0.3) is 0 Å². The molecular formula is C7H12N2O3. The van der Waals surface area contributed by atoms with Gasteiger partial charge in [-0.3, -0.25) is 5.73 Å². The summed E-state index contributed by atoms with van der Waals surface area (Å²) in [5.41, 5.74) is 3.51. The molecule has 0 aliphatic heterocycles. The second-order valence-electron chi connectivity index (χ2n) is 3.03. The van der Waals surface area contributed by atoms with Crippen molar-refractivity contribution in [3.63, 3.8) is 0 Å². The highest BCUT2D eigenvalue weighted by Crippen LogP contribution is 2.15. The summed E-state index contributed by atoms with van der Waals surface area (Å²) >= 11 is 0. The van der Waals surface area contributed by atoms with E-state index in [1.807, 2.05) is 0 Å². The van der Waals surface area contributed by atoms with Crippen LogP contribution in [0.2, 0.25) is 0 Å². The first kappa shape index (κ1) is 10.8. The van der Waals surface area contributed by atoms with Crippen LogP contribution in [-0.2, 0) is 9.59 Å². The SMILES string of the molecule is CC(C)C[C@@](N)(N=C=O)C(=O)O. The highest BCUT2D eigenvalue weighted by Gasteiger charge is 2.34. The standard InChI is InChI=1S/C7H12N2O3/c1-5(2)3-7(8,6(11)12)9-4-10/h5H,3,8H2,1-2H3,(H,11,12)/t7-/m1/s1. The fraction of sp³-hybridized carbons (Fsp3) is 0.714. The molecule has 0 bridgehead atoms. The van der Waals surface area contributed by atoms with E-state index in [4.69, 9.17) is 10.8 Å². The number of rotatable bonds is 4. The number of aliphatic imine (C=N–C) groups is 1. The van der Waals surface area contributed by atoms with Crippen LogP contribution in [0.5, 0.6) is 0 Å². The summed E-state index contributed by atoms with van der Waals surface area (Å²) in [6, 6.07) is 0. The van der Waals surface area contributed by atoms with Crippen molar-refractivity contribution < 1.29 is 14.7 Å². The predicted octanol–water partition coefficient (Wildman–Crippen LogP) is 0.108. The molecule has 0 saturated heterocycles. The quantitative estimate of drug-likeness (QED) is 0.465. The summed E-state index contributed by atoms with van der Waals surface area (Å²) in [6.45, 7) is 3.59.